The number of ether oxygens (including phenoxy) is 1. The molecule has 2 N–H and O–H groups in total. The molecule has 5 heteroatoms. The highest BCUT2D eigenvalue weighted by molar-refractivity contribution is 5.95. The Bertz CT molecular complexity index is 407. The number of rotatable bonds is 2. The van der Waals surface area contributed by atoms with Gasteiger partial charge in [-0.2, -0.15) is 0 Å². The smallest absolute Gasteiger partial charge is 0.233 e. The van der Waals surface area contributed by atoms with E-state index >= 15 is 0 Å². The predicted molar refractivity (Wildman–Crippen MR) is 62.1 cm³/mol. The first-order valence-corrected chi connectivity index (χ1v) is 5.46. The number of halogens is 1. The normalized spacial score (nSPS) is 23.7. The van der Waals surface area contributed by atoms with Crippen LogP contribution in [0.15, 0.2) is 24.3 Å². The predicted octanol–water partition coefficient (Wildman–Crippen LogP) is 0.762. The van der Waals surface area contributed by atoms with Crippen LogP contribution in [0.2, 0.25) is 0 Å². The Morgan fingerprint density at radius 2 is 2.06 bits per heavy atom. The molecule has 0 saturated carbocycles. The number of carbonyl (C=O) groups is 1. The third-order valence-corrected chi connectivity index (χ3v) is 2.99. The van der Waals surface area contributed by atoms with E-state index in [1.54, 1.807) is 19.2 Å². The molecule has 1 aromatic carbocycles. The number of hydrogen-bond donors (Lipinski definition) is 1. The topological polar surface area (TPSA) is 55.6 Å². The second kappa shape index (κ2) is 4.81. The van der Waals surface area contributed by atoms with Crippen LogP contribution in [0.3, 0.4) is 0 Å². The van der Waals surface area contributed by atoms with Gasteiger partial charge in [0.05, 0.1) is 19.1 Å². The van der Waals surface area contributed by atoms with Gasteiger partial charge < -0.3 is 15.4 Å². The fourth-order valence-electron chi connectivity index (χ4n) is 1.87. The number of hydrogen-bond acceptors (Lipinski definition) is 3. The van der Waals surface area contributed by atoms with Crippen LogP contribution in [-0.2, 0) is 9.53 Å². The van der Waals surface area contributed by atoms with Crippen molar-refractivity contribution in [2.24, 2.45) is 11.7 Å². The molecular weight excluding hydrogens is 223 g/mol. The lowest BCUT2D eigenvalue weighted by Gasteiger charge is -2.22. The van der Waals surface area contributed by atoms with Gasteiger partial charge in [-0.05, 0) is 24.3 Å². The minimum atomic E-state index is -0.324. The first-order chi connectivity index (χ1) is 8.09. The second-order valence-corrected chi connectivity index (χ2v) is 4.18. The maximum atomic E-state index is 12.8. The highest BCUT2D eigenvalue weighted by Crippen LogP contribution is 2.19. The third kappa shape index (κ3) is 2.45. The fourth-order valence-corrected chi connectivity index (χ4v) is 1.87. The molecule has 0 aromatic heterocycles. The van der Waals surface area contributed by atoms with Crippen LogP contribution in [0.4, 0.5) is 10.1 Å². The van der Waals surface area contributed by atoms with Crippen molar-refractivity contribution in [3.63, 3.8) is 0 Å². The molecule has 0 aliphatic carbocycles. The highest BCUT2D eigenvalue weighted by atomic mass is 19.1. The molecule has 1 aromatic rings. The zero-order chi connectivity index (χ0) is 12.4. The Hall–Kier alpha value is -1.46. The summed E-state index contributed by atoms with van der Waals surface area (Å²) in [6, 6.07) is 5.52. The quantitative estimate of drug-likeness (QED) is 0.827. The molecule has 2 rings (SSSR count). The van der Waals surface area contributed by atoms with E-state index < -0.39 is 0 Å². The first kappa shape index (κ1) is 12.0. The Balaban J connectivity index is 2.11. The van der Waals surface area contributed by atoms with Crippen molar-refractivity contribution < 1.29 is 13.9 Å². The summed E-state index contributed by atoms with van der Waals surface area (Å²) in [6.45, 7) is 0.763. The average molecular weight is 238 g/mol. The van der Waals surface area contributed by atoms with E-state index in [1.807, 2.05) is 0 Å². The average Bonchev–Trinajstić information content (AvgIpc) is 2.74. The van der Waals surface area contributed by atoms with Crippen molar-refractivity contribution in [1.82, 2.24) is 0 Å². The zero-order valence-corrected chi connectivity index (χ0v) is 9.60. The van der Waals surface area contributed by atoms with Crippen molar-refractivity contribution in [3.05, 3.63) is 30.1 Å². The van der Waals surface area contributed by atoms with Gasteiger partial charge in [-0.1, -0.05) is 0 Å². The Labute approximate surface area is 99.2 Å². The summed E-state index contributed by atoms with van der Waals surface area (Å²) >= 11 is 0. The molecule has 1 fully saturated rings. The molecule has 1 aliphatic heterocycles. The molecule has 0 bridgehead atoms. The first-order valence-electron chi connectivity index (χ1n) is 5.46. The molecule has 2 atom stereocenters. The van der Waals surface area contributed by atoms with E-state index in [2.05, 4.69) is 0 Å². The van der Waals surface area contributed by atoms with Crippen molar-refractivity contribution in [2.75, 3.05) is 25.2 Å². The molecular formula is C12H15FN2O2. The molecule has 2 unspecified atom stereocenters. The van der Waals surface area contributed by atoms with Crippen LogP contribution >= 0.6 is 0 Å². The lowest BCUT2D eigenvalue weighted by atomic mass is 10.0. The van der Waals surface area contributed by atoms with Crippen molar-refractivity contribution in [2.45, 2.75) is 6.04 Å². The molecule has 0 radical (unpaired) electrons. The van der Waals surface area contributed by atoms with Crippen LogP contribution in [0, 0.1) is 11.7 Å². The van der Waals surface area contributed by atoms with Gasteiger partial charge in [0, 0.05) is 18.8 Å². The largest absolute Gasteiger partial charge is 0.379 e. The van der Waals surface area contributed by atoms with Gasteiger partial charge in [0.1, 0.15) is 5.82 Å². The summed E-state index contributed by atoms with van der Waals surface area (Å²) in [5.74, 6) is -0.734. The van der Waals surface area contributed by atoms with E-state index in [9.17, 15) is 9.18 Å². The minimum absolute atomic E-state index is 0.0957. The van der Waals surface area contributed by atoms with Crippen LogP contribution in [0.25, 0.3) is 0 Å². The van der Waals surface area contributed by atoms with Crippen molar-refractivity contribution in [3.8, 4) is 0 Å². The Kier molecular flexibility index (Phi) is 3.40. The number of anilines is 1. The summed E-state index contributed by atoms with van der Waals surface area (Å²) in [5, 5.41) is 0. The van der Waals surface area contributed by atoms with E-state index in [-0.39, 0.29) is 23.7 Å². The van der Waals surface area contributed by atoms with Gasteiger partial charge >= 0.3 is 0 Å². The molecule has 1 heterocycles. The molecule has 1 amide bonds. The van der Waals surface area contributed by atoms with Crippen LogP contribution < -0.4 is 10.6 Å². The van der Waals surface area contributed by atoms with Gasteiger partial charge in [-0.3, -0.25) is 4.79 Å². The summed E-state index contributed by atoms with van der Waals surface area (Å²) < 4.78 is 17.9. The van der Waals surface area contributed by atoms with Gasteiger partial charge in [0.2, 0.25) is 5.91 Å². The van der Waals surface area contributed by atoms with Crippen LogP contribution in [0.1, 0.15) is 0 Å². The number of nitrogens with two attached hydrogens (primary N) is 1. The number of nitrogens with zero attached hydrogens (tertiary/aromatic N) is 1. The summed E-state index contributed by atoms with van der Waals surface area (Å²) in [5.41, 5.74) is 6.44. The standard InChI is InChI=1S/C12H15FN2O2/c1-15(9-4-2-8(13)3-5-9)12(16)10-6-17-7-11(10)14/h2-5,10-11H,6-7,14H2,1H3. The lowest BCUT2D eigenvalue weighted by molar-refractivity contribution is -0.122. The van der Waals surface area contributed by atoms with Crippen LogP contribution in [0.5, 0.6) is 0 Å². The minimum Gasteiger partial charge on any atom is -0.379 e. The molecule has 92 valence electrons. The molecule has 1 saturated heterocycles. The number of benzene rings is 1. The second-order valence-electron chi connectivity index (χ2n) is 4.18. The summed E-state index contributed by atoms with van der Waals surface area (Å²) in [4.78, 5) is 13.6. The maximum absolute atomic E-state index is 12.8. The van der Waals surface area contributed by atoms with E-state index in [1.165, 1.54) is 17.0 Å². The third-order valence-electron chi connectivity index (χ3n) is 2.99. The van der Waals surface area contributed by atoms with Crippen molar-refractivity contribution in [1.29, 1.82) is 0 Å². The van der Waals surface area contributed by atoms with E-state index in [0.717, 1.165) is 0 Å². The molecule has 17 heavy (non-hydrogen) atoms. The van der Waals surface area contributed by atoms with Gasteiger partial charge in [0.25, 0.3) is 0 Å². The fraction of sp³-hybridized carbons (Fsp3) is 0.417. The Morgan fingerprint density at radius 3 is 2.59 bits per heavy atom. The number of amides is 1. The summed E-state index contributed by atoms with van der Waals surface area (Å²) in [7, 11) is 1.65. The van der Waals surface area contributed by atoms with Crippen LogP contribution in [-0.4, -0.2) is 32.2 Å². The van der Waals surface area contributed by atoms with E-state index in [4.69, 9.17) is 10.5 Å². The molecule has 4 nitrogen and oxygen atoms in total. The Morgan fingerprint density at radius 1 is 1.41 bits per heavy atom. The molecule has 0 spiro atoms. The van der Waals surface area contributed by atoms with E-state index in [0.29, 0.717) is 18.9 Å². The van der Waals surface area contributed by atoms with Gasteiger partial charge in [-0.25, -0.2) is 4.39 Å². The summed E-state index contributed by atoms with van der Waals surface area (Å²) in [6.07, 6.45) is 0. The molecule has 1 aliphatic rings. The highest BCUT2D eigenvalue weighted by Gasteiger charge is 2.33. The lowest BCUT2D eigenvalue weighted by Crippen LogP contribution is -2.42. The van der Waals surface area contributed by atoms with Gasteiger partial charge in [0.15, 0.2) is 0 Å². The maximum Gasteiger partial charge on any atom is 0.233 e. The zero-order valence-electron chi connectivity index (χ0n) is 9.60. The SMILES string of the molecule is CN(C(=O)C1COCC1N)c1ccc(F)cc1. The monoisotopic (exact) mass is 238 g/mol. The van der Waals surface area contributed by atoms with Crippen molar-refractivity contribution >= 4 is 11.6 Å². The number of carbonyl (C=O) groups excluding carboxylic acids is 1. The van der Waals surface area contributed by atoms with Gasteiger partial charge in [-0.15, -0.1) is 0 Å².